The number of hydrogen-bond donors (Lipinski definition) is 2. The molecule has 2 N–H and O–H groups in total. The number of hydrogen-bond acceptors (Lipinski definition) is 11. The van der Waals surface area contributed by atoms with E-state index in [1.54, 1.807) is 36.1 Å². The van der Waals surface area contributed by atoms with Crippen molar-refractivity contribution in [1.29, 1.82) is 0 Å². The van der Waals surface area contributed by atoms with Gasteiger partial charge in [-0.3, -0.25) is 28.7 Å². The normalized spacial score (nSPS) is 28.4. The minimum atomic E-state index is -3.91. The van der Waals surface area contributed by atoms with Gasteiger partial charge in [0.05, 0.1) is 28.2 Å². The van der Waals surface area contributed by atoms with Gasteiger partial charge in [-0.05, 0) is 71.4 Å². The first-order valence-electron chi connectivity index (χ1n) is 20.3. The third-order valence-corrected chi connectivity index (χ3v) is 14.5. The van der Waals surface area contributed by atoms with Gasteiger partial charge in [0.2, 0.25) is 27.7 Å². The Kier molecular flexibility index (Phi) is 10.7. The number of fused-ring (bicyclic) bond motifs is 5. The summed E-state index contributed by atoms with van der Waals surface area (Å²) in [6.07, 6.45) is 8.29. The van der Waals surface area contributed by atoms with Gasteiger partial charge in [0, 0.05) is 48.7 Å². The Hall–Kier alpha value is -4.64. The van der Waals surface area contributed by atoms with Crippen LogP contribution in [0.1, 0.15) is 78.6 Å². The molecular weight excluding hydrogens is 783 g/mol. The summed E-state index contributed by atoms with van der Waals surface area (Å²) in [5.74, 6) is -3.73. The van der Waals surface area contributed by atoms with Crippen LogP contribution >= 0.6 is 11.3 Å². The van der Waals surface area contributed by atoms with Gasteiger partial charge in [0.25, 0.3) is 5.91 Å². The highest BCUT2D eigenvalue weighted by molar-refractivity contribution is 7.91. The highest BCUT2D eigenvalue weighted by Gasteiger charge is 2.63. The fraction of sp³-hybridized carbons (Fsp3) is 0.585. The van der Waals surface area contributed by atoms with Crippen molar-refractivity contribution >= 4 is 62.0 Å². The molecule has 310 valence electrons. The molecule has 2 aromatic heterocycles. The summed E-state index contributed by atoms with van der Waals surface area (Å²) in [6, 6.07) is 6.50. The number of carbonyl (C=O) groups is 5. The minimum Gasteiger partial charge on any atom is -0.460 e. The van der Waals surface area contributed by atoms with Gasteiger partial charge in [0.15, 0.2) is 5.82 Å². The lowest BCUT2D eigenvalue weighted by Gasteiger charge is -2.33. The molecular formula is C41H51N7O8S2. The van der Waals surface area contributed by atoms with Crippen LogP contribution in [0.5, 0.6) is 0 Å². The van der Waals surface area contributed by atoms with Gasteiger partial charge in [0.1, 0.15) is 29.4 Å². The number of carbonyl (C=O) groups excluding carboxylic acids is 5. The average molecular weight is 834 g/mol. The number of allylic oxidation sites excluding steroid dienone is 1. The zero-order valence-corrected chi connectivity index (χ0v) is 34.7. The number of ether oxygens (including phenoxy) is 1. The summed E-state index contributed by atoms with van der Waals surface area (Å²) < 4.78 is 35.6. The molecule has 58 heavy (non-hydrogen) atoms. The molecule has 0 radical (unpaired) electrons. The summed E-state index contributed by atoms with van der Waals surface area (Å²) in [5.41, 5.74) is 1.63. The molecule has 4 fully saturated rings. The maximum absolute atomic E-state index is 14.8. The van der Waals surface area contributed by atoms with Gasteiger partial charge in [-0.1, -0.05) is 37.1 Å². The van der Waals surface area contributed by atoms with Crippen LogP contribution in [-0.2, 0) is 45.3 Å². The van der Waals surface area contributed by atoms with E-state index in [0.717, 1.165) is 23.9 Å². The third kappa shape index (κ3) is 8.16. The van der Waals surface area contributed by atoms with Crippen LogP contribution in [0.15, 0.2) is 47.3 Å². The van der Waals surface area contributed by atoms with Crippen molar-refractivity contribution in [3.8, 4) is 11.5 Å². The van der Waals surface area contributed by atoms with Crippen molar-refractivity contribution in [2.45, 2.75) is 108 Å². The molecule has 0 bridgehead atoms. The van der Waals surface area contributed by atoms with Gasteiger partial charge in [-0.2, -0.15) is 0 Å². The van der Waals surface area contributed by atoms with Crippen LogP contribution in [0, 0.1) is 23.7 Å². The number of aromatic nitrogens is 3. The summed E-state index contributed by atoms with van der Waals surface area (Å²) in [5, 5.41) is 4.21. The van der Waals surface area contributed by atoms with Gasteiger partial charge in [-0.25, -0.2) is 18.4 Å². The fourth-order valence-corrected chi connectivity index (χ4v) is 10.9. The number of rotatable bonds is 8. The second-order valence-corrected chi connectivity index (χ2v) is 20.2. The van der Waals surface area contributed by atoms with E-state index in [9.17, 15) is 32.4 Å². The maximum Gasteiger partial charge on any atom is 0.307 e. The van der Waals surface area contributed by atoms with Gasteiger partial charge in [-0.15, -0.1) is 11.3 Å². The smallest absolute Gasteiger partial charge is 0.307 e. The molecule has 6 atom stereocenters. The first kappa shape index (κ1) is 40.2. The first-order chi connectivity index (χ1) is 27.6. The van der Waals surface area contributed by atoms with E-state index in [1.165, 1.54) is 11.3 Å². The standard InChI is InChI=1S/C41H51N7O8S2/c1-40(2,3)56-34(50)17-25-11-7-5-4-6-8-12-27-18-41(27,39(53)45-58(54,55)28-15-16-28)44-37(51)35-29-21-46(19-26(29)20-48(35)38(25)52)33(49)22-47-32-14-10-9-13-30(32)43-36(47)31-23-57-24-42-31/h8-10,12-14,23-29,35H,4-7,11,15-22H2,1-3H3,(H,44,51)(H,45,53)/b12-8-/t25-,26-,27+,29-,35-,41+/m0/s1. The van der Waals surface area contributed by atoms with E-state index in [4.69, 9.17) is 9.72 Å². The van der Waals surface area contributed by atoms with Crippen LogP contribution in [0.4, 0.5) is 0 Å². The molecule has 5 aliphatic rings. The zero-order valence-electron chi connectivity index (χ0n) is 33.1. The second-order valence-electron chi connectivity index (χ2n) is 17.5. The lowest BCUT2D eigenvalue weighted by atomic mass is 9.92. The van der Waals surface area contributed by atoms with E-state index in [0.29, 0.717) is 50.2 Å². The Bertz CT molecular complexity index is 2250. The van der Waals surface area contributed by atoms with E-state index in [1.807, 2.05) is 46.4 Å². The highest BCUT2D eigenvalue weighted by atomic mass is 32.2. The van der Waals surface area contributed by atoms with Crippen molar-refractivity contribution in [1.82, 2.24) is 34.4 Å². The largest absolute Gasteiger partial charge is 0.460 e. The Morgan fingerprint density at radius 3 is 2.59 bits per heavy atom. The van der Waals surface area contributed by atoms with E-state index in [2.05, 4.69) is 15.0 Å². The Morgan fingerprint density at radius 1 is 1.05 bits per heavy atom. The maximum atomic E-state index is 14.8. The van der Waals surface area contributed by atoms with Crippen molar-refractivity contribution in [2.24, 2.45) is 23.7 Å². The lowest BCUT2D eigenvalue weighted by Crippen LogP contribution is -2.58. The summed E-state index contributed by atoms with van der Waals surface area (Å²) in [7, 11) is -3.91. The number of nitrogens with zero attached hydrogens (tertiary/aromatic N) is 5. The molecule has 8 rings (SSSR count). The Labute approximate surface area is 342 Å². The number of nitrogens with one attached hydrogen (secondary N) is 2. The molecule has 0 unspecified atom stereocenters. The van der Waals surface area contributed by atoms with Crippen molar-refractivity contribution in [2.75, 3.05) is 19.6 Å². The molecule has 17 heteroatoms. The number of imidazole rings is 1. The number of sulfonamides is 1. The van der Waals surface area contributed by atoms with Crippen LogP contribution < -0.4 is 10.0 Å². The molecule has 15 nitrogen and oxygen atoms in total. The topological polar surface area (TPSA) is 190 Å². The van der Waals surface area contributed by atoms with Crippen molar-refractivity contribution in [3.63, 3.8) is 0 Å². The molecule has 2 saturated heterocycles. The Balaban J connectivity index is 1.09. The molecule has 2 saturated carbocycles. The number of likely N-dealkylation sites (tertiary alicyclic amines) is 1. The predicted octanol–water partition coefficient (Wildman–Crippen LogP) is 3.80. The average Bonchev–Trinajstić information content (AvgIpc) is 3.87. The van der Waals surface area contributed by atoms with Crippen LogP contribution in [-0.4, -0.2) is 104 Å². The third-order valence-electron chi connectivity index (χ3n) is 12.1. The summed E-state index contributed by atoms with van der Waals surface area (Å²) in [4.78, 5) is 83.2. The molecule has 0 spiro atoms. The van der Waals surface area contributed by atoms with E-state index < -0.39 is 68.0 Å². The van der Waals surface area contributed by atoms with Gasteiger partial charge >= 0.3 is 5.97 Å². The number of thiazole rings is 1. The minimum absolute atomic E-state index is 0.0168. The Morgan fingerprint density at radius 2 is 1.84 bits per heavy atom. The van der Waals surface area contributed by atoms with Gasteiger partial charge < -0.3 is 24.4 Å². The zero-order chi connectivity index (χ0) is 41.0. The molecule has 4 amide bonds. The van der Waals surface area contributed by atoms with E-state index in [-0.39, 0.29) is 50.2 Å². The van der Waals surface area contributed by atoms with Crippen LogP contribution in [0.25, 0.3) is 22.6 Å². The molecule has 1 aromatic carbocycles. The van der Waals surface area contributed by atoms with E-state index >= 15 is 0 Å². The van der Waals surface area contributed by atoms with Crippen LogP contribution in [0.3, 0.4) is 0 Å². The molecule has 2 aliphatic carbocycles. The molecule has 3 aliphatic heterocycles. The predicted molar refractivity (Wildman–Crippen MR) is 215 cm³/mol. The number of amides is 4. The number of benzene rings is 1. The summed E-state index contributed by atoms with van der Waals surface area (Å²) >= 11 is 1.43. The quantitative estimate of drug-likeness (QED) is 0.250. The monoisotopic (exact) mass is 833 g/mol. The molecule has 3 aromatic rings. The summed E-state index contributed by atoms with van der Waals surface area (Å²) in [6.45, 7) is 5.95. The SMILES string of the molecule is CC(C)(C)OC(=O)C[C@@H]1CCCCC/C=C\[C@@H]2C[C@@]2(C(=O)NS(=O)(=O)C2CC2)NC(=O)[C@@H]2[C@H]3CN(C(=O)Cn4c(-c5cscn5)nc5ccccc54)C[C@H]3CN2C1=O. The van der Waals surface area contributed by atoms with Crippen molar-refractivity contribution in [3.05, 3.63) is 47.3 Å². The lowest BCUT2D eigenvalue weighted by molar-refractivity contribution is -0.159. The molecule has 5 heterocycles. The number of para-hydroxylation sites is 2. The number of esters is 1. The first-order valence-corrected chi connectivity index (χ1v) is 22.8. The fourth-order valence-electron chi connectivity index (χ4n) is 8.98. The van der Waals surface area contributed by atoms with Crippen molar-refractivity contribution < 1.29 is 37.1 Å². The second kappa shape index (κ2) is 15.5. The van der Waals surface area contributed by atoms with Crippen LogP contribution in [0.2, 0.25) is 0 Å². The highest BCUT2D eigenvalue weighted by Crippen LogP contribution is 2.47.